The molecule has 1 aromatic carbocycles. The van der Waals surface area contributed by atoms with Gasteiger partial charge in [0.2, 0.25) is 0 Å². The number of ether oxygens (including phenoxy) is 1. The zero-order valence-corrected chi connectivity index (χ0v) is 10.5. The predicted molar refractivity (Wildman–Crippen MR) is 71.5 cm³/mol. The van der Waals surface area contributed by atoms with Crippen LogP contribution >= 0.6 is 10.8 Å². The van der Waals surface area contributed by atoms with Crippen LogP contribution < -0.4 is 15.2 Å². The van der Waals surface area contributed by atoms with Crippen molar-refractivity contribution < 1.29 is 13.8 Å². The molecule has 1 aromatic rings. The third-order valence-electron chi connectivity index (χ3n) is 2.48. The van der Waals surface area contributed by atoms with Gasteiger partial charge in [0, 0.05) is 18.0 Å². The van der Waals surface area contributed by atoms with Gasteiger partial charge in [0.1, 0.15) is 5.75 Å². The molecule has 5 nitrogen and oxygen atoms in total. The Balaban J connectivity index is 2.11. The van der Waals surface area contributed by atoms with Gasteiger partial charge in [-0.3, -0.25) is 13.8 Å². The van der Waals surface area contributed by atoms with Gasteiger partial charge >= 0.3 is 0 Å². The zero-order valence-electron chi connectivity index (χ0n) is 9.72. The Morgan fingerprint density at radius 2 is 2.18 bits per heavy atom. The molecular weight excluding hydrogens is 240 g/mol. The van der Waals surface area contributed by atoms with Crippen molar-refractivity contribution in [1.82, 2.24) is 0 Å². The highest BCUT2D eigenvalue weighted by atomic mass is 32.3. The number of nitrogens with two attached hydrogens (primary N) is 1. The lowest BCUT2D eigenvalue weighted by atomic mass is 10.2. The monoisotopic (exact) mass is 258 g/mol. The lowest BCUT2D eigenvalue weighted by Gasteiger charge is -2.29. The van der Waals surface area contributed by atoms with Crippen LogP contribution in [0.15, 0.2) is 18.2 Å². The SMILES string of the molecule is CS(O)(O)Nc1ccc(N)cc1OCC1CC1. The molecule has 0 aromatic heterocycles. The Labute approximate surface area is 102 Å². The molecule has 1 fully saturated rings. The fraction of sp³-hybridized carbons (Fsp3) is 0.455. The quantitative estimate of drug-likeness (QED) is 0.610. The van der Waals surface area contributed by atoms with Crippen LogP contribution in [0.1, 0.15) is 12.8 Å². The molecule has 5 N–H and O–H groups in total. The molecule has 1 aliphatic rings. The number of rotatable bonds is 5. The van der Waals surface area contributed by atoms with Gasteiger partial charge in [-0.2, -0.15) is 0 Å². The Morgan fingerprint density at radius 3 is 2.76 bits per heavy atom. The van der Waals surface area contributed by atoms with Gasteiger partial charge in [0.15, 0.2) is 0 Å². The normalized spacial score (nSPS) is 16.6. The van der Waals surface area contributed by atoms with Crippen LogP contribution in [-0.4, -0.2) is 22.0 Å². The fourth-order valence-electron chi connectivity index (χ4n) is 1.44. The fourth-order valence-corrected chi connectivity index (χ4v) is 2.03. The Kier molecular flexibility index (Phi) is 3.37. The lowest BCUT2D eigenvalue weighted by molar-refractivity contribution is 0.301. The van der Waals surface area contributed by atoms with Gasteiger partial charge in [-0.15, -0.1) is 10.8 Å². The first-order valence-corrected chi connectivity index (χ1v) is 7.43. The average Bonchev–Trinajstić information content (AvgIpc) is 3.00. The second-order valence-electron chi connectivity index (χ2n) is 4.45. The smallest absolute Gasteiger partial charge is 0.146 e. The number of benzene rings is 1. The number of anilines is 2. The predicted octanol–water partition coefficient (Wildman–Crippen LogP) is 2.76. The number of hydrogen-bond acceptors (Lipinski definition) is 5. The van der Waals surface area contributed by atoms with Crippen molar-refractivity contribution >= 4 is 22.2 Å². The van der Waals surface area contributed by atoms with Crippen molar-refractivity contribution in [2.24, 2.45) is 5.92 Å². The molecular formula is C11H18N2O3S. The first-order chi connectivity index (χ1) is 7.94. The number of hydrogen-bond donors (Lipinski definition) is 4. The van der Waals surface area contributed by atoms with Crippen LogP contribution in [0.25, 0.3) is 0 Å². The summed E-state index contributed by atoms with van der Waals surface area (Å²) in [7, 11) is -2.81. The van der Waals surface area contributed by atoms with Crippen molar-refractivity contribution in [3.63, 3.8) is 0 Å². The molecule has 0 saturated heterocycles. The van der Waals surface area contributed by atoms with Crippen molar-refractivity contribution in [2.75, 3.05) is 23.3 Å². The number of nitrogens with one attached hydrogen (secondary N) is 1. The summed E-state index contributed by atoms with van der Waals surface area (Å²) in [5.74, 6) is 1.20. The largest absolute Gasteiger partial charge is 0.491 e. The molecule has 0 amide bonds. The lowest BCUT2D eigenvalue weighted by Crippen LogP contribution is -2.09. The zero-order chi connectivity index (χ0) is 12.5. The average molecular weight is 258 g/mol. The van der Waals surface area contributed by atoms with E-state index < -0.39 is 10.8 Å². The maximum atomic E-state index is 9.40. The van der Waals surface area contributed by atoms with Gasteiger partial charge in [-0.25, -0.2) is 0 Å². The molecule has 0 spiro atoms. The molecule has 2 rings (SSSR count). The van der Waals surface area contributed by atoms with E-state index in [0.717, 1.165) is 0 Å². The maximum Gasteiger partial charge on any atom is 0.146 e. The van der Waals surface area contributed by atoms with Gasteiger partial charge < -0.3 is 10.5 Å². The number of nitrogen functional groups attached to an aromatic ring is 1. The summed E-state index contributed by atoms with van der Waals surface area (Å²) in [5, 5.41) is 0. The molecule has 1 aliphatic carbocycles. The summed E-state index contributed by atoms with van der Waals surface area (Å²) < 4.78 is 27.1. The van der Waals surface area contributed by atoms with Crippen LogP contribution in [-0.2, 0) is 0 Å². The van der Waals surface area contributed by atoms with E-state index in [2.05, 4.69) is 4.72 Å². The van der Waals surface area contributed by atoms with E-state index in [1.165, 1.54) is 19.1 Å². The molecule has 17 heavy (non-hydrogen) atoms. The highest BCUT2D eigenvalue weighted by Crippen LogP contribution is 2.40. The minimum Gasteiger partial charge on any atom is -0.491 e. The van der Waals surface area contributed by atoms with E-state index in [-0.39, 0.29) is 0 Å². The third kappa shape index (κ3) is 3.99. The highest BCUT2D eigenvalue weighted by Gasteiger charge is 2.22. The third-order valence-corrected chi connectivity index (χ3v) is 3.09. The Morgan fingerprint density at radius 1 is 1.47 bits per heavy atom. The summed E-state index contributed by atoms with van der Waals surface area (Å²) in [5.41, 5.74) is 6.84. The van der Waals surface area contributed by atoms with E-state index in [1.54, 1.807) is 18.2 Å². The molecule has 6 heteroatoms. The second kappa shape index (κ2) is 4.64. The van der Waals surface area contributed by atoms with Crippen LogP contribution in [0.4, 0.5) is 11.4 Å². The molecule has 0 radical (unpaired) electrons. The summed E-state index contributed by atoms with van der Waals surface area (Å²) in [6.45, 7) is 0.654. The summed E-state index contributed by atoms with van der Waals surface area (Å²) in [6, 6.07) is 5.07. The van der Waals surface area contributed by atoms with Gasteiger partial charge in [-0.1, -0.05) is 0 Å². The molecule has 0 atom stereocenters. The second-order valence-corrected chi connectivity index (χ2v) is 6.32. The Hall–Kier alpha value is -1.11. The Bertz CT molecular complexity index is 402. The van der Waals surface area contributed by atoms with Crippen molar-refractivity contribution in [3.8, 4) is 5.75 Å². The summed E-state index contributed by atoms with van der Waals surface area (Å²) >= 11 is 0. The minimum absolute atomic E-state index is 0.558. The van der Waals surface area contributed by atoms with Gasteiger partial charge in [0.25, 0.3) is 0 Å². The molecule has 0 aliphatic heterocycles. The van der Waals surface area contributed by atoms with Crippen LogP contribution in [0.5, 0.6) is 5.75 Å². The molecule has 0 unspecified atom stereocenters. The highest BCUT2D eigenvalue weighted by molar-refractivity contribution is 8.24. The van der Waals surface area contributed by atoms with Crippen LogP contribution in [0.2, 0.25) is 0 Å². The molecule has 96 valence electrons. The van der Waals surface area contributed by atoms with E-state index in [4.69, 9.17) is 10.5 Å². The summed E-state index contributed by atoms with van der Waals surface area (Å²) in [6.07, 6.45) is 3.73. The minimum atomic E-state index is -2.81. The first kappa shape index (κ1) is 12.3. The topological polar surface area (TPSA) is 87.7 Å². The standard InChI is InChI=1S/C11H18N2O3S/c1-17(14,15)13-10-5-4-9(12)6-11(10)16-7-8-2-3-8/h4-6,8,13-15H,2-3,7,12H2,1H3. The van der Waals surface area contributed by atoms with E-state index in [0.29, 0.717) is 29.6 Å². The van der Waals surface area contributed by atoms with Crippen molar-refractivity contribution in [2.45, 2.75) is 12.8 Å². The van der Waals surface area contributed by atoms with Crippen molar-refractivity contribution in [1.29, 1.82) is 0 Å². The van der Waals surface area contributed by atoms with Gasteiger partial charge in [-0.05, 0) is 30.9 Å². The molecule has 0 bridgehead atoms. The van der Waals surface area contributed by atoms with Gasteiger partial charge in [0.05, 0.1) is 12.3 Å². The van der Waals surface area contributed by atoms with Crippen molar-refractivity contribution in [3.05, 3.63) is 18.2 Å². The summed E-state index contributed by atoms with van der Waals surface area (Å²) in [4.78, 5) is 0. The van der Waals surface area contributed by atoms with E-state index in [9.17, 15) is 9.11 Å². The van der Waals surface area contributed by atoms with Crippen LogP contribution in [0, 0.1) is 5.92 Å². The van der Waals surface area contributed by atoms with E-state index in [1.807, 2.05) is 0 Å². The maximum absolute atomic E-state index is 9.40. The molecule has 1 saturated carbocycles. The van der Waals surface area contributed by atoms with Crippen LogP contribution in [0.3, 0.4) is 0 Å². The first-order valence-electron chi connectivity index (χ1n) is 5.47. The van der Waals surface area contributed by atoms with E-state index >= 15 is 0 Å². The molecule has 0 heterocycles.